The van der Waals surface area contributed by atoms with Crippen LogP contribution in [0.2, 0.25) is 0 Å². The second-order valence-corrected chi connectivity index (χ2v) is 5.66. The van der Waals surface area contributed by atoms with Crippen LogP contribution in [0.5, 0.6) is 0 Å². The minimum atomic E-state index is -0.158. The summed E-state index contributed by atoms with van der Waals surface area (Å²) in [5, 5.41) is 0. The highest BCUT2D eigenvalue weighted by atomic mass is 16.5. The lowest BCUT2D eigenvalue weighted by molar-refractivity contribution is -0.141. The van der Waals surface area contributed by atoms with Crippen LogP contribution in [-0.2, 0) is 9.53 Å². The number of hydrogen-bond acceptors (Lipinski definition) is 3. The summed E-state index contributed by atoms with van der Waals surface area (Å²) in [7, 11) is 2.07. The molecule has 1 aliphatic carbocycles. The Morgan fingerprint density at radius 1 is 1.41 bits per heavy atom. The number of Topliss-reactive ketones (excluding diaryl/α,β-unsaturated/α-hetero) is 1. The number of ether oxygens (including phenoxy) is 1. The molecule has 2 fully saturated rings. The van der Waals surface area contributed by atoms with Crippen LogP contribution in [0.4, 0.5) is 0 Å². The van der Waals surface area contributed by atoms with Gasteiger partial charge in [0.2, 0.25) is 0 Å². The van der Waals surface area contributed by atoms with Crippen LogP contribution < -0.4 is 0 Å². The van der Waals surface area contributed by atoms with Crippen molar-refractivity contribution >= 4 is 5.78 Å². The highest BCUT2D eigenvalue weighted by Gasteiger charge is 2.33. The van der Waals surface area contributed by atoms with Gasteiger partial charge in [0.15, 0.2) is 5.78 Å². The molecule has 0 aromatic rings. The van der Waals surface area contributed by atoms with E-state index in [1.54, 1.807) is 0 Å². The van der Waals surface area contributed by atoms with Crippen molar-refractivity contribution in [3.8, 4) is 0 Å². The minimum absolute atomic E-state index is 0.158. The minimum Gasteiger partial charge on any atom is -0.368 e. The van der Waals surface area contributed by atoms with Gasteiger partial charge in [0.25, 0.3) is 0 Å². The maximum atomic E-state index is 12.4. The molecular weight excluding hydrogens is 214 g/mol. The fourth-order valence-electron chi connectivity index (χ4n) is 3.13. The van der Waals surface area contributed by atoms with Gasteiger partial charge >= 0.3 is 0 Å². The van der Waals surface area contributed by atoms with Crippen molar-refractivity contribution in [2.45, 2.75) is 45.1 Å². The smallest absolute Gasteiger partial charge is 0.165 e. The number of ketones is 1. The fraction of sp³-hybridized carbons (Fsp3) is 0.929. The van der Waals surface area contributed by atoms with Crippen molar-refractivity contribution in [3.63, 3.8) is 0 Å². The molecule has 1 aliphatic heterocycles. The average Bonchev–Trinajstić information content (AvgIpc) is 2.38. The van der Waals surface area contributed by atoms with E-state index in [9.17, 15) is 4.79 Å². The van der Waals surface area contributed by atoms with E-state index in [-0.39, 0.29) is 12.0 Å². The molecule has 0 radical (unpaired) electrons. The summed E-state index contributed by atoms with van der Waals surface area (Å²) in [4.78, 5) is 14.6. The van der Waals surface area contributed by atoms with Crippen molar-refractivity contribution < 1.29 is 9.53 Å². The summed E-state index contributed by atoms with van der Waals surface area (Å²) < 4.78 is 5.64. The third-order valence-electron chi connectivity index (χ3n) is 4.35. The molecule has 2 aliphatic rings. The molecule has 17 heavy (non-hydrogen) atoms. The first kappa shape index (κ1) is 13.0. The number of rotatable bonds is 3. The van der Waals surface area contributed by atoms with Gasteiger partial charge in [-0.3, -0.25) is 4.79 Å². The predicted molar refractivity (Wildman–Crippen MR) is 68.0 cm³/mol. The molecule has 0 amide bonds. The third kappa shape index (κ3) is 3.29. The van der Waals surface area contributed by atoms with Gasteiger partial charge in [-0.2, -0.15) is 0 Å². The summed E-state index contributed by atoms with van der Waals surface area (Å²) in [6, 6.07) is 0. The number of likely N-dealkylation sites (N-methyl/N-ethyl adjacent to an activating group) is 1. The fourth-order valence-corrected chi connectivity index (χ4v) is 3.13. The second-order valence-electron chi connectivity index (χ2n) is 5.66. The topological polar surface area (TPSA) is 29.5 Å². The van der Waals surface area contributed by atoms with Gasteiger partial charge in [-0.1, -0.05) is 26.2 Å². The van der Waals surface area contributed by atoms with Crippen LogP contribution in [0.15, 0.2) is 0 Å². The third-order valence-corrected chi connectivity index (χ3v) is 4.35. The van der Waals surface area contributed by atoms with Gasteiger partial charge in [-0.05, 0) is 25.8 Å². The van der Waals surface area contributed by atoms with E-state index in [1.807, 2.05) is 0 Å². The van der Waals surface area contributed by atoms with Crippen LogP contribution in [0.25, 0.3) is 0 Å². The molecule has 0 N–H and O–H groups in total. The van der Waals surface area contributed by atoms with E-state index >= 15 is 0 Å². The Hall–Kier alpha value is -0.410. The molecule has 0 bridgehead atoms. The molecule has 98 valence electrons. The summed E-state index contributed by atoms with van der Waals surface area (Å²) in [5.41, 5.74) is 0. The summed E-state index contributed by atoms with van der Waals surface area (Å²) in [6.45, 7) is 4.68. The lowest BCUT2D eigenvalue weighted by Gasteiger charge is -2.34. The monoisotopic (exact) mass is 239 g/mol. The van der Waals surface area contributed by atoms with Crippen LogP contribution >= 0.6 is 0 Å². The van der Waals surface area contributed by atoms with Crippen molar-refractivity contribution in [1.82, 2.24) is 4.90 Å². The lowest BCUT2D eigenvalue weighted by Crippen LogP contribution is -2.46. The molecule has 1 saturated heterocycles. The first-order valence-corrected chi connectivity index (χ1v) is 7.04. The van der Waals surface area contributed by atoms with Gasteiger partial charge in [0, 0.05) is 19.0 Å². The largest absolute Gasteiger partial charge is 0.368 e. The quantitative estimate of drug-likeness (QED) is 0.755. The molecule has 0 spiro atoms. The van der Waals surface area contributed by atoms with Crippen LogP contribution in [-0.4, -0.2) is 43.5 Å². The van der Waals surface area contributed by atoms with E-state index in [4.69, 9.17) is 4.74 Å². The zero-order chi connectivity index (χ0) is 12.3. The maximum Gasteiger partial charge on any atom is 0.165 e. The van der Waals surface area contributed by atoms with Crippen LogP contribution in [0, 0.1) is 11.8 Å². The van der Waals surface area contributed by atoms with Crippen LogP contribution in [0.3, 0.4) is 0 Å². The van der Waals surface area contributed by atoms with E-state index in [0.29, 0.717) is 12.4 Å². The number of carbonyl (C=O) groups excluding carboxylic acids is 1. The molecule has 3 atom stereocenters. The van der Waals surface area contributed by atoms with E-state index in [0.717, 1.165) is 31.8 Å². The average molecular weight is 239 g/mol. The van der Waals surface area contributed by atoms with Crippen molar-refractivity contribution in [2.75, 3.05) is 26.7 Å². The normalized spacial score (nSPS) is 35.8. The summed E-state index contributed by atoms with van der Waals surface area (Å²) in [5.74, 6) is 1.40. The number of hydrogen-bond donors (Lipinski definition) is 0. The Balaban J connectivity index is 1.89. The van der Waals surface area contributed by atoms with Gasteiger partial charge in [0.05, 0.1) is 6.61 Å². The molecule has 1 saturated carbocycles. The molecule has 1 heterocycles. The number of nitrogens with zero attached hydrogens (tertiary/aromatic N) is 1. The van der Waals surface area contributed by atoms with E-state index < -0.39 is 0 Å². The Morgan fingerprint density at radius 2 is 2.24 bits per heavy atom. The molecule has 2 rings (SSSR count). The van der Waals surface area contributed by atoms with Gasteiger partial charge in [-0.25, -0.2) is 0 Å². The molecule has 3 unspecified atom stereocenters. The molecule has 3 heteroatoms. The highest BCUT2D eigenvalue weighted by Crippen LogP contribution is 2.32. The Morgan fingerprint density at radius 3 is 2.94 bits per heavy atom. The molecule has 3 nitrogen and oxygen atoms in total. The van der Waals surface area contributed by atoms with Crippen molar-refractivity contribution in [1.29, 1.82) is 0 Å². The van der Waals surface area contributed by atoms with Crippen molar-refractivity contribution in [3.05, 3.63) is 0 Å². The molecule has 0 aromatic carbocycles. The summed E-state index contributed by atoms with van der Waals surface area (Å²) >= 11 is 0. The molecular formula is C14H25NO2. The SMILES string of the molecule is CCC1CCCC(C(=O)C2CN(C)CCO2)C1. The Bertz CT molecular complexity index is 267. The summed E-state index contributed by atoms with van der Waals surface area (Å²) in [6.07, 6.45) is 5.77. The van der Waals surface area contributed by atoms with E-state index in [1.165, 1.54) is 19.3 Å². The molecule has 0 aromatic heterocycles. The number of morpholine rings is 1. The first-order valence-electron chi connectivity index (χ1n) is 7.04. The van der Waals surface area contributed by atoms with Crippen molar-refractivity contribution in [2.24, 2.45) is 11.8 Å². The Labute approximate surface area is 105 Å². The zero-order valence-electron chi connectivity index (χ0n) is 11.2. The Kier molecular flexibility index (Phi) is 4.57. The lowest BCUT2D eigenvalue weighted by atomic mass is 9.77. The zero-order valence-corrected chi connectivity index (χ0v) is 11.2. The van der Waals surface area contributed by atoms with Gasteiger partial charge in [-0.15, -0.1) is 0 Å². The van der Waals surface area contributed by atoms with Crippen LogP contribution in [0.1, 0.15) is 39.0 Å². The second kappa shape index (κ2) is 5.96. The number of carbonyl (C=O) groups is 1. The predicted octanol–water partition coefficient (Wildman–Crippen LogP) is 2.10. The maximum absolute atomic E-state index is 12.4. The standard InChI is InChI=1S/C14H25NO2/c1-3-11-5-4-6-12(9-11)14(16)13-10-15(2)7-8-17-13/h11-13H,3-10H2,1-2H3. The highest BCUT2D eigenvalue weighted by molar-refractivity contribution is 5.85. The van der Waals surface area contributed by atoms with E-state index in [2.05, 4.69) is 18.9 Å². The van der Waals surface area contributed by atoms with Gasteiger partial charge < -0.3 is 9.64 Å². The van der Waals surface area contributed by atoms with Gasteiger partial charge in [0.1, 0.15) is 6.10 Å². The first-order chi connectivity index (χ1) is 8.20.